The van der Waals surface area contributed by atoms with Gasteiger partial charge in [-0.1, -0.05) is 30.3 Å². The van der Waals surface area contributed by atoms with Crippen molar-refractivity contribution in [3.05, 3.63) is 66.4 Å². The molecule has 0 saturated heterocycles. The van der Waals surface area contributed by atoms with E-state index in [9.17, 15) is 23.1 Å². The average molecular weight is 431 g/mol. The van der Waals surface area contributed by atoms with Crippen LogP contribution in [0.2, 0.25) is 0 Å². The first kappa shape index (κ1) is 21.5. The summed E-state index contributed by atoms with van der Waals surface area (Å²) < 4.78 is 27.9. The zero-order chi connectivity index (χ0) is 21.7. The van der Waals surface area contributed by atoms with E-state index < -0.39 is 28.4 Å². The average Bonchev–Trinajstić information content (AvgIpc) is 3.00. The maximum Gasteiger partial charge on any atom is 0.277 e. The summed E-state index contributed by atoms with van der Waals surface area (Å²) in [6.45, 7) is -1.09. The summed E-state index contributed by atoms with van der Waals surface area (Å²) in [6, 6.07) is 14.3. The molecule has 0 fully saturated rings. The SMILES string of the molecule is O=C1C=C(Nc2ccccc2S(=O)(=O)N(CCO)c2ccccc2)C(=O)N1CCO. The number of carbonyl (C=O) groups is 2. The topological polar surface area (TPSA) is 127 Å². The van der Waals surface area contributed by atoms with Gasteiger partial charge in [-0.3, -0.25) is 18.8 Å². The third kappa shape index (κ3) is 4.20. The first-order valence-corrected chi connectivity index (χ1v) is 10.6. The fraction of sp³-hybridized carbons (Fsp3) is 0.200. The number of aliphatic hydroxyl groups excluding tert-OH is 2. The molecule has 3 rings (SSSR count). The summed E-state index contributed by atoms with van der Waals surface area (Å²) in [6.07, 6.45) is 1.06. The molecule has 10 heteroatoms. The Hall–Kier alpha value is -3.21. The van der Waals surface area contributed by atoms with Crippen LogP contribution in [0.25, 0.3) is 0 Å². The normalized spacial score (nSPS) is 14.1. The molecule has 2 aromatic rings. The van der Waals surface area contributed by atoms with E-state index in [4.69, 9.17) is 5.11 Å². The minimum atomic E-state index is -4.11. The highest BCUT2D eigenvalue weighted by molar-refractivity contribution is 7.93. The Balaban J connectivity index is 1.97. The van der Waals surface area contributed by atoms with Crippen LogP contribution in [0.4, 0.5) is 11.4 Å². The standard InChI is InChI=1S/C20H21N3O6S/c24-12-10-22-19(26)14-17(20(22)27)21-16-8-4-5-9-18(16)30(28,29)23(11-13-25)15-6-2-1-3-7-15/h1-9,14,21,24-25H,10-13H2. The molecule has 0 radical (unpaired) electrons. The molecule has 1 heterocycles. The molecule has 9 nitrogen and oxygen atoms in total. The summed E-state index contributed by atoms with van der Waals surface area (Å²) in [5.41, 5.74) is 0.390. The van der Waals surface area contributed by atoms with Crippen molar-refractivity contribution in [2.45, 2.75) is 4.90 Å². The molecule has 1 aliphatic rings. The van der Waals surface area contributed by atoms with Gasteiger partial charge in [0.25, 0.3) is 21.8 Å². The second kappa shape index (κ2) is 9.08. The Labute approximate surface area is 173 Å². The Morgan fingerprint density at radius 3 is 2.27 bits per heavy atom. The maximum atomic E-state index is 13.4. The van der Waals surface area contributed by atoms with E-state index in [1.807, 2.05) is 0 Å². The number of benzene rings is 2. The molecular weight excluding hydrogens is 410 g/mol. The molecule has 0 saturated carbocycles. The quantitative estimate of drug-likeness (QED) is 0.494. The minimum Gasteiger partial charge on any atom is -0.395 e. The van der Waals surface area contributed by atoms with Crippen molar-refractivity contribution in [3.8, 4) is 0 Å². The first-order valence-electron chi connectivity index (χ1n) is 9.13. The fourth-order valence-corrected chi connectivity index (χ4v) is 4.65. The molecule has 30 heavy (non-hydrogen) atoms. The first-order chi connectivity index (χ1) is 14.4. The summed E-state index contributed by atoms with van der Waals surface area (Å²) in [5, 5.41) is 21.2. The van der Waals surface area contributed by atoms with Gasteiger partial charge in [0.1, 0.15) is 10.6 Å². The number of nitrogens with one attached hydrogen (secondary N) is 1. The van der Waals surface area contributed by atoms with Crippen molar-refractivity contribution < 1.29 is 28.2 Å². The van der Waals surface area contributed by atoms with Crippen molar-refractivity contribution in [2.75, 3.05) is 35.9 Å². The second-order valence-corrected chi connectivity index (χ2v) is 8.16. The highest BCUT2D eigenvalue weighted by Gasteiger charge is 2.33. The minimum absolute atomic E-state index is 0.0930. The molecular formula is C20H21N3O6S. The lowest BCUT2D eigenvalue weighted by molar-refractivity contribution is -0.137. The van der Waals surface area contributed by atoms with Crippen LogP contribution in [-0.2, 0) is 19.6 Å². The lowest BCUT2D eigenvalue weighted by Crippen LogP contribution is -2.35. The third-order valence-electron chi connectivity index (χ3n) is 4.40. The smallest absolute Gasteiger partial charge is 0.277 e. The summed E-state index contributed by atoms with van der Waals surface area (Å²) in [4.78, 5) is 25.1. The van der Waals surface area contributed by atoms with Crippen LogP contribution in [0.1, 0.15) is 0 Å². The number of imide groups is 1. The second-order valence-electron chi connectivity index (χ2n) is 6.33. The van der Waals surface area contributed by atoms with Gasteiger partial charge in [0.05, 0.1) is 37.7 Å². The van der Waals surface area contributed by atoms with Crippen molar-refractivity contribution >= 4 is 33.2 Å². The highest BCUT2D eigenvalue weighted by atomic mass is 32.2. The number of aliphatic hydroxyl groups is 2. The number of β-amino-alcohol motifs (C(OH)–C–C–N with tert-alkyl or cyclic N) is 1. The molecule has 1 aliphatic heterocycles. The summed E-state index contributed by atoms with van der Waals surface area (Å²) in [5.74, 6) is -1.25. The van der Waals surface area contributed by atoms with E-state index in [0.29, 0.717) is 5.69 Å². The van der Waals surface area contributed by atoms with Crippen LogP contribution in [-0.4, -0.2) is 61.6 Å². The monoisotopic (exact) mass is 431 g/mol. The number of carbonyl (C=O) groups excluding carboxylic acids is 2. The van der Waals surface area contributed by atoms with Gasteiger partial charge in [-0.15, -0.1) is 0 Å². The summed E-state index contributed by atoms with van der Waals surface area (Å²) in [7, 11) is -4.11. The van der Waals surface area contributed by atoms with Crippen LogP contribution < -0.4 is 9.62 Å². The van der Waals surface area contributed by atoms with Gasteiger partial charge in [0.15, 0.2) is 0 Å². The number of sulfonamides is 1. The van der Waals surface area contributed by atoms with Gasteiger partial charge < -0.3 is 15.5 Å². The Morgan fingerprint density at radius 1 is 0.933 bits per heavy atom. The molecule has 0 aliphatic carbocycles. The van der Waals surface area contributed by atoms with Gasteiger partial charge in [-0.2, -0.15) is 0 Å². The molecule has 0 spiro atoms. The highest BCUT2D eigenvalue weighted by Crippen LogP contribution is 2.30. The zero-order valence-corrected chi connectivity index (χ0v) is 16.7. The fourth-order valence-electron chi connectivity index (χ4n) is 3.04. The molecule has 158 valence electrons. The molecule has 2 aromatic carbocycles. The Morgan fingerprint density at radius 2 is 1.60 bits per heavy atom. The van der Waals surface area contributed by atoms with Gasteiger partial charge >= 0.3 is 0 Å². The van der Waals surface area contributed by atoms with Gasteiger partial charge in [-0.25, -0.2) is 8.42 Å². The van der Waals surface area contributed by atoms with Crippen LogP contribution in [0.3, 0.4) is 0 Å². The number of anilines is 2. The van der Waals surface area contributed by atoms with E-state index in [1.54, 1.807) is 36.4 Å². The van der Waals surface area contributed by atoms with Crippen LogP contribution in [0.5, 0.6) is 0 Å². The van der Waals surface area contributed by atoms with Gasteiger partial charge in [0.2, 0.25) is 0 Å². The van der Waals surface area contributed by atoms with Crippen molar-refractivity contribution in [1.29, 1.82) is 0 Å². The van der Waals surface area contributed by atoms with Crippen LogP contribution in [0.15, 0.2) is 71.3 Å². The van der Waals surface area contributed by atoms with E-state index in [-0.39, 0.29) is 36.0 Å². The number of hydrogen-bond acceptors (Lipinski definition) is 7. The predicted octanol–water partition coefficient (Wildman–Crippen LogP) is 0.531. The number of rotatable bonds is 9. The van der Waals surface area contributed by atoms with Gasteiger partial charge in [-0.05, 0) is 24.3 Å². The lowest BCUT2D eigenvalue weighted by Gasteiger charge is -2.25. The van der Waals surface area contributed by atoms with Crippen molar-refractivity contribution in [3.63, 3.8) is 0 Å². The Bertz CT molecular complexity index is 1070. The third-order valence-corrected chi connectivity index (χ3v) is 6.29. The van der Waals surface area contributed by atoms with Crippen molar-refractivity contribution in [1.82, 2.24) is 4.90 Å². The number of amides is 2. The van der Waals surface area contributed by atoms with E-state index >= 15 is 0 Å². The number of para-hydroxylation sites is 2. The zero-order valence-electron chi connectivity index (χ0n) is 15.9. The lowest BCUT2D eigenvalue weighted by atomic mass is 10.3. The van der Waals surface area contributed by atoms with E-state index in [1.165, 1.54) is 18.2 Å². The molecule has 3 N–H and O–H groups in total. The number of nitrogens with zero attached hydrogens (tertiary/aromatic N) is 2. The molecule has 2 amide bonds. The molecule has 0 unspecified atom stereocenters. The van der Waals surface area contributed by atoms with Gasteiger partial charge in [0, 0.05) is 6.08 Å². The van der Waals surface area contributed by atoms with Crippen LogP contribution in [0, 0.1) is 0 Å². The van der Waals surface area contributed by atoms with E-state index in [0.717, 1.165) is 15.3 Å². The Kier molecular flexibility index (Phi) is 6.50. The molecule has 0 atom stereocenters. The van der Waals surface area contributed by atoms with E-state index in [2.05, 4.69) is 5.32 Å². The van der Waals surface area contributed by atoms with Crippen LogP contribution >= 0.6 is 0 Å². The predicted molar refractivity (Wildman–Crippen MR) is 110 cm³/mol. The van der Waals surface area contributed by atoms with Crippen molar-refractivity contribution in [2.24, 2.45) is 0 Å². The molecule has 0 bridgehead atoms. The molecule has 0 aromatic heterocycles. The largest absolute Gasteiger partial charge is 0.395 e. The number of hydrogen-bond donors (Lipinski definition) is 3. The maximum absolute atomic E-state index is 13.4. The summed E-state index contributed by atoms with van der Waals surface area (Å²) >= 11 is 0.